The van der Waals surface area contributed by atoms with Crippen LogP contribution in [0.2, 0.25) is 0 Å². The van der Waals surface area contributed by atoms with Gasteiger partial charge >= 0.3 is 18.2 Å². The fourth-order valence-electron chi connectivity index (χ4n) is 3.19. The second-order valence-corrected chi connectivity index (χ2v) is 7.03. The Bertz CT molecular complexity index is 931. The highest BCUT2D eigenvalue weighted by Gasteiger charge is 2.24. The number of primary amides is 1. The van der Waals surface area contributed by atoms with Crippen molar-refractivity contribution in [2.75, 3.05) is 23.4 Å². The first-order valence-electron chi connectivity index (χ1n) is 9.61. The van der Waals surface area contributed by atoms with Gasteiger partial charge in [-0.15, -0.1) is 0 Å². The largest absolute Gasteiger partial charge is 0.447 e. The maximum absolute atomic E-state index is 12.4. The zero-order valence-electron chi connectivity index (χ0n) is 16.8. The normalized spacial score (nSPS) is 15.1. The standard InChI is InChI=1S/C21H25N5O4/c1-13(15-6-8-17(9-7-15)25-19(22)27)23-20(28)24-14(2)16-4-3-5-18(12-16)26-10-11-30-21(26)29/h3-9,12-14H,10-11H2,1-2H3,(H3,22,25,27)(H2,23,24,28). The Morgan fingerprint density at radius 1 is 1.03 bits per heavy atom. The number of nitrogens with zero attached hydrogens (tertiary/aromatic N) is 1. The second-order valence-electron chi connectivity index (χ2n) is 7.03. The maximum Gasteiger partial charge on any atom is 0.414 e. The Kier molecular flexibility index (Phi) is 6.41. The number of hydrogen-bond donors (Lipinski definition) is 4. The van der Waals surface area contributed by atoms with Crippen LogP contribution in [-0.2, 0) is 4.74 Å². The van der Waals surface area contributed by atoms with E-state index in [2.05, 4.69) is 16.0 Å². The van der Waals surface area contributed by atoms with Gasteiger partial charge in [-0.2, -0.15) is 0 Å². The Labute approximate surface area is 174 Å². The number of benzene rings is 2. The number of nitrogens with one attached hydrogen (secondary N) is 3. The van der Waals surface area contributed by atoms with E-state index in [1.54, 1.807) is 29.2 Å². The van der Waals surface area contributed by atoms with Crippen molar-refractivity contribution in [2.45, 2.75) is 25.9 Å². The summed E-state index contributed by atoms with van der Waals surface area (Å²) >= 11 is 0. The quantitative estimate of drug-likeness (QED) is 0.582. The highest BCUT2D eigenvalue weighted by Crippen LogP contribution is 2.23. The van der Waals surface area contributed by atoms with E-state index in [0.717, 1.165) is 16.8 Å². The van der Waals surface area contributed by atoms with Crippen molar-refractivity contribution in [2.24, 2.45) is 5.73 Å². The first-order chi connectivity index (χ1) is 14.3. The highest BCUT2D eigenvalue weighted by molar-refractivity contribution is 5.89. The van der Waals surface area contributed by atoms with E-state index >= 15 is 0 Å². The smallest absolute Gasteiger partial charge is 0.414 e. The third-order valence-corrected chi connectivity index (χ3v) is 4.82. The molecule has 158 valence electrons. The number of anilines is 2. The average Bonchev–Trinajstić information content (AvgIpc) is 3.14. The van der Waals surface area contributed by atoms with Crippen LogP contribution in [0.1, 0.15) is 37.1 Å². The molecule has 0 spiro atoms. The lowest BCUT2D eigenvalue weighted by Gasteiger charge is -2.20. The maximum atomic E-state index is 12.4. The van der Waals surface area contributed by atoms with Crippen LogP contribution in [0.3, 0.4) is 0 Å². The van der Waals surface area contributed by atoms with Gasteiger partial charge in [0, 0.05) is 11.4 Å². The predicted octanol–water partition coefficient (Wildman–Crippen LogP) is 3.26. The lowest BCUT2D eigenvalue weighted by molar-refractivity contribution is 0.181. The van der Waals surface area contributed by atoms with Crippen molar-refractivity contribution in [1.82, 2.24) is 10.6 Å². The zero-order chi connectivity index (χ0) is 21.7. The molecule has 1 aliphatic rings. The molecule has 0 aliphatic carbocycles. The summed E-state index contributed by atoms with van der Waals surface area (Å²) in [5, 5.41) is 8.28. The van der Waals surface area contributed by atoms with Gasteiger partial charge in [0.05, 0.1) is 18.6 Å². The number of nitrogens with two attached hydrogens (primary N) is 1. The van der Waals surface area contributed by atoms with Crippen molar-refractivity contribution in [3.63, 3.8) is 0 Å². The number of carbonyl (C=O) groups excluding carboxylic acids is 3. The number of cyclic esters (lactones) is 1. The summed E-state index contributed by atoms with van der Waals surface area (Å²) in [4.78, 5) is 36.6. The van der Waals surface area contributed by atoms with Crippen LogP contribution in [0.15, 0.2) is 48.5 Å². The number of rotatable bonds is 6. The topological polar surface area (TPSA) is 126 Å². The minimum absolute atomic E-state index is 0.245. The molecule has 2 aromatic rings. The Morgan fingerprint density at radius 3 is 2.30 bits per heavy atom. The van der Waals surface area contributed by atoms with E-state index < -0.39 is 6.03 Å². The second kappa shape index (κ2) is 9.17. The molecule has 9 nitrogen and oxygen atoms in total. The van der Waals surface area contributed by atoms with E-state index in [4.69, 9.17) is 10.5 Å². The summed E-state index contributed by atoms with van der Waals surface area (Å²) < 4.78 is 4.98. The molecule has 0 saturated carbocycles. The van der Waals surface area contributed by atoms with Gasteiger partial charge in [0.25, 0.3) is 0 Å². The van der Waals surface area contributed by atoms with E-state index in [1.165, 1.54) is 0 Å². The molecule has 2 unspecified atom stereocenters. The fourth-order valence-corrected chi connectivity index (χ4v) is 3.19. The van der Waals surface area contributed by atoms with Gasteiger partial charge in [-0.3, -0.25) is 4.90 Å². The van der Waals surface area contributed by atoms with Gasteiger partial charge in [0.2, 0.25) is 0 Å². The Balaban J connectivity index is 1.57. The molecule has 9 heteroatoms. The van der Waals surface area contributed by atoms with E-state index in [0.29, 0.717) is 18.8 Å². The summed E-state index contributed by atoms with van der Waals surface area (Å²) in [6, 6.07) is 13.0. The van der Waals surface area contributed by atoms with Crippen molar-refractivity contribution < 1.29 is 19.1 Å². The molecular formula is C21H25N5O4. The molecule has 2 atom stereocenters. The molecule has 0 aromatic heterocycles. The zero-order valence-corrected chi connectivity index (χ0v) is 16.8. The molecule has 0 radical (unpaired) electrons. The lowest BCUT2D eigenvalue weighted by Crippen LogP contribution is -2.38. The van der Waals surface area contributed by atoms with Crippen LogP contribution in [-0.4, -0.2) is 31.3 Å². The van der Waals surface area contributed by atoms with Crippen LogP contribution in [0, 0.1) is 0 Å². The third-order valence-electron chi connectivity index (χ3n) is 4.82. The molecule has 2 aromatic carbocycles. The summed E-state index contributed by atoms with van der Waals surface area (Å²) in [6.07, 6.45) is -0.364. The monoisotopic (exact) mass is 411 g/mol. The van der Waals surface area contributed by atoms with Gasteiger partial charge in [-0.05, 0) is 49.2 Å². The van der Waals surface area contributed by atoms with E-state index in [1.807, 2.05) is 38.1 Å². The van der Waals surface area contributed by atoms with Gasteiger partial charge in [-0.1, -0.05) is 24.3 Å². The van der Waals surface area contributed by atoms with Gasteiger partial charge in [0.15, 0.2) is 0 Å². The van der Waals surface area contributed by atoms with Crippen LogP contribution < -0.4 is 26.6 Å². The van der Waals surface area contributed by atoms with E-state index in [-0.39, 0.29) is 24.2 Å². The predicted molar refractivity (Wildman–Crippen MR) is 113 cm³/mol. The Morgan fingerprint density at radius 2 is 1.70 bits per heavy atom. The number of carbonyl (C=O) groups is 3. The SMILES string of the molecule is CC(NC(=O)NC(C)c1cccc(N2CCOC2=O)c1)c1ccc(NC(N)=O)cc1. The number of amides is 5. The third kappa shape index (κ3) is 5.19. The van der Waals surface area contributed by atoms with Crippen LogP contribution in [0.5, 0.6) is 0 Å². The van der Waals surface area contributed by atoms with Crippen LogP contribution >= 0.6 is 0 Å². The van der Waals surface area contributed by atoms with Crippen LogP contribution in [0.25, 0.3) is 0 Å². The van der Waals surface area contributed by atoms with Crippen molar-refractivity contribution in [1.29, 1.82) is 0 Å². The summed E-state index contributed by atoms with van der Waals surface area (Å²) in [7, 11) is 0. The molecule has 1 saturated heterocycles. The minimum atomic E-state index is -0.631. The molecule has 5 amide bonds. The van der Waals surface area contributed by atoms with Crippen LogP contribution in [0.4, 0.5) is 25.8 Å². The molecule has 5 N–H and O–H groups in total. The van der Waals surface area contributed by atoms with E-state index in [9.17, 15) is 14.4 Å². The molecule has 1 aliphatic heterocycles. The summed E-state index contributed by atoms with van der Waals surface area (Å²) in [6.45, 7) is 4.61. The molecule has 1 fully saturated rings. The fraction of sp³-hybridized carbons (Fsp3) is 0.286. The molecular weight excluding hydrogens is 386 g/mol. The first kappa shape index (κ1) is 21.0. The minimum Gasteiger partial charge on any atom is -0.447 e. The van der Waals surface area contributed by atoms with Gasteiger partial charge in [0.1, 0.15) is 6.61 Å². The molecule has 0 bridgehead atoms. The molecule has 3 rings (SSSR count). The number of hydrogen-bond acceptors (Lipinski definition) is 4. The number of urea groups is 2. The number of ether oxygens (including phenoxy) is 1. The first-order valence-corrected chi connectivity index (χ1v) is 9.61. The van der Waals surface area contributed by atoms with Crippen molar-refractivity contribution >= 4 is 29.5 Å². The van der Waals surface area contributed by atoms with Crippen molar-refractivity contribution in [3.8, 4) is 0 Å². The highest BCUT2D eigenvalue weighted by atomic mass is 16.6. The van der Waals surface area contributed by atoms with Gasteiger partial charge in [-0.25, -0.2) is 14.4 Å². The summed E-state index contributed by atoms with van der Waals surface area (Å²) in [5.74, 6) is 0. The molecule has 30 heavy (non-hydrogen) atoms. The van der Waals surface area contributed by atoms with Gasteiger partial charge < -0.3 is 26.4 Å². The molecule has 1 heterocycles. The lowest BCUT2D eigenvalue weighted by atomic mass is 10.1. The Hall–Kier alpha value is -3.75. The average molecular weight is 411 g/mol. The summed E-state index contributed by atoms with van der Waals surface area (Å²) in [5.41, 5.74) is 8.16. The van der Waals surface area contributed by atoms with Crippen molar-refractivity contribution in [3.05, 3.63) is 59.7 Å².